The maximum Gasteiger partial charge on any atom is 0.405 e. The summed E-state index contributed by atoms with van der Waals surface area (Å²) in [5.41, 5.74) is 5.22. The summed E-state index contributed by atoms with van der Waals surface area (Å²) in [6.45, 7) is 5.00. The summed E-state index contributed by atoms with van der Waals surface area (Å²) in [7, 11) is 0. The largest absolute Gasteiger partial charge is 0.463 e. The molecule has 2 aliphatic heterocycles. The molecule has 2 saturated heterocycles. The number of hydrogen-bond acceptors (Lipinski definition) is 18. The minimum absolute atomic E-state index is 0.548. The Balaban J connectivity index is 2.59. The van der Waals surface area contributed by atoms with Crippen LogP contribution in [0.15, 0.2) is 0 Å². The van der Waals surface area contributed by atoms with E-state index in [1.54, 1.807) is 0 Å². The molecule has 2 aliphatic rings. The number of aliphatic hydroxyl groups is 1. The first kappa shape index (κ1) is 36.1. The van der Waals surface area contributed by atoms with Crippen LogP contribution in [-0.2, 0) is 76.1 Å². The zero-order valence-electron chi connectivity index (χ0n) is 24.7. The fraction of sp³-hybridized carbons (Fsp3) is 0.720. The van der Waals surface area contributed by atoms with Crippen molar-refractivity contribution >= 4 is 41.9 Å². The standard InChI is InChI=1S/C25H35NO18/c1-9(27)35-7-15-17(37-11(3)29)19(39-13(5)31)21(23(33)41-15)43-24-22(40-14(6)32)20(44-25(26)34)18(38-12(4)30)16(42-24)8-36-10(2)28/h15-24,33H,7-8H2,1-6H3,(H2,26,34). The lowest BCUT2D eigenvalue weighted by Gasteiger charge is -2.47. The molecule has 2 rings (SSSR count). The number of amides is 1. The Morgan fingerprint density at radius 2 is 0.932 bits per heavy atom. The lowest BCUT2D eigenvalue weighted by atomic mass is 9.96. The van der Waals surface area contributed by atoms with Gasteiger partial charge in [-0.05, 0) is 0 Å². The molecule has 1 amide bonds. The van der Waals surface area contributed by atoms with Gasteiger partial charge in [-0.2, -0.15) is 0 Å². The maximum absolute atomic E-state index is 12.1. The number of aliphatic hydroxyl groups excluding tert-OH is 1. The number of carbonyl (C=O) groups excluding carboxylic acids is 7. The second kappa shape index (κ2) is 16.1. The minimum Gasteiger partial charge on any atom is -0.463 e. The third-order valence-electron chi connectivity index (χ3n) is 5.85. The van der Waals surface area contributed by atoms with E-state index in [1.807, 2.05) is 0 Å². The van der Waals surface area contributed by atoms with Crippen molar-refractivity contribution in [3.8, 4) is 0 Å². The highest BCUT2D eigenvalue weighted by Gasteiger charge is 2.57. The van der Waals surface area contributed by atoms with Crippen LogP contribution in [0.3, 0.4) is 0 Å². The van der Waals surface area contributed by atoms with Gasteiger partial charge < -0.3 is 58.2 Å². The van der Waals surface area contributed by atoms with Crippen LogP contribution in [0.1, 0.15) is 41.5 Å². The van der Waals surface area contributed by atoms with E-state index in [-0.39, 0.29) is 0 Å². The van der Waals surface area contributed by atoms with Gasteiger partial charge in [0.15, 0.2) is 49.2 Å². The van der Waals surface area contributed by atoms with Gasteiger partial charge in [0, 0.05) is 41.5 Å². The van der Waals surface area contributed by atoms with Gasteiger partial charge >= 0.3 is 41.9 Å². The highest BCUT2D eigenvalue weighted by Crippen LogP contribution is 2.34. The molecule has 10 unspecified atom stereocenters. The SMILES string of the molecule is CC(=O)OCC1OC(O)C(OC2OC(COC(C)=O)C(OC(C)=O)C(OC(N)=O)C2OC(C)=O)C(OC(C)=O)C1OC(C)=O. The minimum atomic E-state index is -2.01. The second-order valence-corrected chi connectivity index (χ2v) is 9.51. The third kappa shape index (κ3) is 10.6. The fourth-order valence-corrected chi connectivity index (χ4v) is 4.43. The van der Waals surface area contributed by atoms with Crippen LogP contribution in [0.4, 0.5) is 4.79 Å². The van der Waals surface area contributed by atoms with Crippen molar-refractivity contribution in [2.24, 2.45) is 5.73 Å². The monoisotopic (exact) mass is 637 g/mol. The van der Waals surface area contributed by atoms with E-state index in [0.29, 0.717) is 0 Å². The van der Waals surface area contributed by atoms with Crippen LogP contribution in [0.2, 0.25) is 0 Å². The molecule has 2 fully saturated rings. The van der Waals surface area contributed by atoms with E-state index < -0.39 is 117 Å². The molecule has 0 saturated carbocycles. The first-order valence-corrected chi connectivity index (χ1v) is 13.1. The van der Waals surface area contributed by atoms with Crippen LogP contribution in [0.25, 0.3) is 0 Å². The Kier molecular flexibility index (Phi) is 13.2. The predicted octanol–water partition coefficient (Wildman–Crippen LogP) is -1.87. The average molecular weight is 638 g/mol. The second-order valence-electron chi connectivity index (χ2n) is 9.51. The number of ether oxygens (including phenoxy) is 10. The number of nitrogens with two attached hydrogens (primary N) is 1. The highest BCUT2D eigenvalue weighted by molar-refractivity contribution is 5.69. The van der Waals surface area contributed by atoms with Crippen molar-refractivity contribution in [3.63, 3.8) is 0 Å². The van der Waals surface area contributed by atoms with Crippen molar-refractivity contribution in [2.75, 3.05) is 13.2 Å². The first-order chi connectivity index (χ1) is 20.5. The van der Waals surface area contributed by atoms with Crippen LogP contribution in [0.5, 0.6) is 0 Å². The summed E-state index contributed by atoms with van der Waals surface area (Å²) >= 11 is 0. The van der Waals surface area contributed by atoms with Crippen molar-refractivity contribution < 1.29 is 86.0 Å². The van der Waals surface area contributed by atoms with Crippen molar-refractivity contribution in [1.29, 1.82) is 0 Å². The molecular weight excluding hydrogens is 602 g/mol. The molecule has 0 spiro atoms. The molecule has 19 heteroatoms. The van der Waals surface area contributed by atoms with Crippen LogP contribution < -0.4 is 5.73 Å². The quantitative estimate of drug-likeness (QED) is 0.186. The van der Waals surface area contributed by atoms with Gasteiger partial charge in [-0.15, -0.1) is 0 Å². The third-order valence-corrected chi connectivity index (χ3v) is 5.85. The van der Waals surface area contributed by atoms with Gasteiger partial charge in [0.1, 0.15) is 25.4 Å². The zero-order valence-corrected chi connectivity index (χ0v) is 24.7. The van der Waals surface area contributed by atoms with E-state index >= 15 is 0 Å². The van der Waals surface area contributed by atoms with Crippen LogP contribution >= 0.6 is 0 Å². The van der Waals surface area contributed by atoms with E-state index in [0.717, 1.165) is 41.5 Å². The van der Waals surface area contributed by atoms with E-state index in [4.69, 9.17) is 53.1 Å². The van der Waals surface area contributed by atoms with Crippen molar-refractivity contribution in [1.82, 2.24) is 0 Å². The van der Waals surface area contributed by atoms with Gasteiger partial charge in [0.05, 0.1) is 0 Å². The zero-order chi connectivity index (χ0) is 33.3. The highest BCUT2D eigenvalue weighted by atomic mass is 16.8. The molecule has 10 atom stereocenters. The lowest BCUT2D eigenvalue weighted by Crippen LogP contribution is -2.67. The van der Waals surface area contributed by atoms with Crippen molar-refractivity contribution in [2.45, 2.75) is 103 Å². The summed E-state index contributed by atoms with van der Waals surface area (Å²) < 4.78 is 53.4. The molecular formula is C25H35NO18. The average Bonchev–Trinajstić information content (AvgIpc) is 2.87. The van der Waals surface area contributed by atoms with E-state index in [1.165, 1.54) is 0 Å². The van der Waals surface area contributed by atoms with Crippen molar-refractivity contribution in [3.05, 3.63) is 0 Å². The Morgan fingerprint density at radius 3 is 1.34 bits per heavy atom. The molecule has 0 aliphatic carbocycles. The van der Waals surface area contributed by atoms with Gasteiger partial charge in [0.25, 0.3) is 0 Å². The number of hydrogen-bond donors (Lipinski definition) is 2. The number of rotatable bonds is 11. The smallest absolute Gasteiger partial charge is 0.405 e. The molecule has 0 aromatic carbocycles. The first-order valence-electron chi connectivity index (χ1n) is 13.1. The molecule has 0 aromatic heterocycles. The molecule has 0 radical (unpaired) electrons. The lowest BCUT2D eigenvalue weighted by molar-refractivity contribution is -0.362. The maximum atomic E-state index is 12.1. The van der Waals surface area contributed by atoms with Crippen LogP contribution in [-0.4, -0.2) is 122 Å². The predicted molar refractivity (Wildman–Crippen MR) is 134 cm³/mol. The van der Waals surface area contributed by atoms with Gasteiger partial charge in [0.2, 0.25) is 0 Å². The number of esters is 6. The Morgan fingerprint density at radius 1 is 0.545 bits per heavy atom. The van der Waals surface area contributed by atoms with Crippen LogP contribution in [0, 0.1) is 0 Å². The summed E-state index contributed by atoms with van der Waals surface area (Å²) in [5.74, 6) is -5.21. The number of carbonyl (C=O) groups is 7. The fourth-order valence-electron chi connectivity index (χ4n) is 4.43. The van der Waals surface area contributed by atoms with E-state index in [9.17, 15) is 38.7 Å². The van der Waals surface area contributed by atoms with E-state index in [2.05, 4.69) is 0 Å². The Hall–Kier alpha value is -4.07. The van der Waals surface area contributed by atoms with Gasteiger partial charge in [-0.25, -0.2) is 4.79 Å². The molecule has 2 heterocycles. The molecule has 3 N–H and O–H groups in total. The summed E-state index contributed by atoms with van der Waals surface area (Å²) in [5, 5.41) is 10.9. The van der Waals surface area contributed by atoms with Gasteiger partial charge in [-0.1, -0.05) is 0 Å². The molecule has 248 valence electrons. The molecule has 0 aromatic rings. The Labute approximate surface area is 250 Å². The number of primary amides is 1. The molecule has 19 nitrogen and oxygen atoms in total. The normalized spacial score (nSPS) is 31.4. The Bertz CT molecular complexity index is 1090. The topological polar surface area (TPSA) is 258 Å². The molecule has 0 bridgehead atoms. The summed E-state index contributed by atoms with van der Waals surface area (Å²) in [6, 6.07) is 0. The summed E-state index contributed by atoms with van der Waals surface area (Å²) in [4.78, 5) is 82.9. The van der Waals surface area contributed by atoms with Gasteiger partial charge in [-0.3, -0.25) is 28.8 Å². The summed E-state index contributed by atoms with van der Waals surface area (Å²) in [6.07, 6.45) is -18.2. The molecule has 44 heavy (non-hydrogen) atoms.